The van der Waals surface area contributed by atoms with Gasteiger partial charge in [0.2, 0.25) is 0 Å². The quantitative estimate of drug-likeness (QED) is 0.901. The fourth-order valence-electron chi connectivity index (χ4n) is 2.67. The van der Waals surface area contributed by atoms with Gasteiger partial charge in [-0.25, -0.2) is 0 Å². The molecule has 0 fully saturated rings. The molecule has 1 aliphatic rings. The van der Waals surface area contributed by atoms with Crippen LogP contribution < -0.4 is 5.32 Å². The first kappa shape index (κ1) is 12.0. The summed E-state index contributed by atoms with van der Waals surface area (Å²) in [4.78, 5) is 12.3. The zero-order chi connectivity index (χ0) is 13.4. The van der Waals surface area contributed by atoms with Gasteiger partial charge in [0.05, 0.1) is 18.0 Å². The van der Waals surface area contributed by atoms with Crippen LogP contribution in [0.15, 0.2) is 21.3 Å². The number of rotatable bonds is 2. The fraction of sp³-hybridized carbons (Fsp3) is 0.429. The number of nitrogens with one attached hydrogen (secondary N) is 1. The molecule has 5 nitrogen and oxygen atoms in total. The standard InChI is InChI=1S/C14H16N2O3/c1-8-13(9(2)19-16-8)14(17)15-11-4-3-5-12-10(11)6-7-18-12/h6-7,11H,3-5H2,1-2H3,(H,15,17). The molecule has 2 aromatic rings. The van der Waals surface area contributed by atoms with E-state index in [1.165, 1.54) is 0 Å². The van der Waals surface area contributed by atoms with Crippen LogP contribution in [0.4, 0.5) is 0 Å². The molecule has 5 heteroatoms. The second kappa shape index (κ2) is 4.57. The van der Waals surface area contributed by atoms with Gasteiger partial charge in [-0.2, -0.15) is 0 Å². The minimum absolute atomic E-state index is 0.0173. The average molecular weight is 260 g/mol. The van der Waals surface area contributed by atoms with Crippen molar-refractivity contribution in [1.29, 1.82) is 0 Å². The van der Waals surface area contributed by atoms with Crippen molar-refractivity contribution in [2.75, 3.05) is 0 Å². The summed E-state index contributed by atoms with van der Waals surface area (Å²) in [5.41, 5.74) is 2.25. The Bertz CT molecular complexity index is 592. The van der Waals surface area contributed by atoms with Crippen molar-refractivity contribution in [3.63, 3.8) is 0 Å². The molecule has 1 atom stereocenters. The lowest BCUT2D eigenvalue weighted by Gasteiger charge is -2.22. The predicted molar refractivity (Wildman–Crippen MR) is 67.8 cm³/mol. The van der Waals surface area contributed by atoms with Gasteiger partial charge in [0.25, 0.3) is 5.91 Å². The number of fused-ring (bicyclic) bond motifs is 1. The molecule has 2 aromatic heterocycles. The van der Waals surface area contributed by atoms with E-state index < -0.39 is 0 Å². The van der Waals surface area contributed by atoms with E-state index in [-0.39, 0.29) is 11.9 Å². The topological polar surface area (TPSA) is 68.3 Å². The number of amides is 1. The zero-order valence-corrected chi connectivity index (χ0v) is 11.0. The zero-order valence-electron chi connectivity index (χ0n) is 11.0. The van der Waals surface area contributed by atoms with Gasteiger partial charge in [-0.3, -0.25) is 4.79 Å². The van der Waals surface area contributed by atoms with Crippen LogP contribution >= 0.6 is 0 Å². The van der Waals surface area contributed by atoms with Crippen molar-refractivity contribution in [1.82, 2.24) is 10.5 Å². The van der Waals surface area contributed by atoms with Crippen molar-refractivity contribution in [3.05, 3.63) is 40.7 Å². The minimum Gasteiger partial charge on any atom is -0.469 e. The normalized spacial score (nSPS) is 18.1. The highest BCUT2D eigenvalue weighted by Crippen LogP contribution is 2.30. The third kappa shape index (κ3) is 2.05. The number of carbonyl (C=O) groups excluding carboxylic acids is 1. The number of aromatic nitrogens is 1. The summed E-state index contributed by atoms with van der Waals surface area (Å²) < 4.78 is 10.5. The number of hydrogen-bond donors (Lipinski definition) is 1. The summed E-state index contributed by atoms with van der Waals surface area (Å²) in [5, 5.41) is 6.86. The van der Waals surface area contributed by atoms with E-state index in [0.29, 0.717) is 17.0 Å². The average Bonchev–Trinajstić information content (AvgIpc) is 2.97. The van der Waals surface area contributed by atoms with E-state index in [0.717, 1.165) is 30.6 Å². The molecule has 0 saturated heterocycles. The smallest absolute Gasteiger partial charge is 0.257 e. The van der Waals surface area contributed by atoms with E-state index in [1.807, 2.05) is 6.07 Å². The number of carbonyl (C=O) groups is 1. The third-order valence-electron chi connectivity index (χ3n) is 3.62. The Kier molecular flexibility index (Phi) is 2.89. The lowest BCUT2D eigenvalue weighted by molar-refractivity contribution is 0.0930. The SMILES string of the molecule is Cc1noc(C)c1C(=O)NC1CCCc2occc21. The molecule has 19 heavy (non-hydrogen) atoms. The molecule has 1 N–H and O–H groups in total. The maximum Gasteiger partial charge on any atom is 0.257 e. The lowest BCUT2D eigenvalue weighted by Crippen LogP contribution is -2.31. The first-order valence-corrected chi connectivity index (χ1v) is 6.47. The molecule has 0 aliphatic heterocycles. The molecular weight excluding hydrogens is 244 g/mol. The summed E-state index contributed by atoms with van der Waals surface area (Å²) in [6.45, 7) is 3.52. The van der Waals surface area contributed by atoms with Gasteiger partial charge in [-0.15, -0.1) is 0 Å². The van der Waals surface area contributed by atoms with Gasteiger partial charge < -0.3 is 14.3 Å². The molecule has 0 radical (unpaired) electrons. The summed E-state index contributed by atoms with van der Waals surface area (Å²) >= 11 is 0. The monoisotopic (exact) mass is 260 g/mol. The predicted octanol–water partition coefficient (Wildman–Crippen LogP) is 2.69. The third-order valence-corrected chi connectivity index (χ3v) is 3.62. The van der Waals surface area contributed by atoms with E-state index in [4.69, 9.17) is 8.94 Å². The molecule has 100 valence electrons. The Labute approximate surface area is 111 Å². The van der Waals surface area contributed by atoms with Gasteiger partial charge in [0.1, 0.15) is 17.1 Å². The largest absolute Gasteiger partial charge is 0.469 e. The van der Waals surface area contributed by atoms with Crippen LogP contribution in [-0.4, -0.2) is 11.1 Å². The Morgan fingerprint density at radius 1 is 1.47 bits per heavy atom. The summed E-state index contributed by atoms with van der Waals surface area (Å²) in [6.07, 6.45) is 4.58. The van der Waals surface area contributed by atoms with Crippen LogP contribution in [0.25, 0.3) is 0 Å². The molecule has 0 spiro atoms. The lowest BCUT2D eigenvalue weighted by atomic mass is 9.93. The molecule has 1 amide bonds. The van der Waals surface area contributed by atoms with Crippen LogP contribution in [0.3, 0.4) is 0 Å². The molecule has 3 rings (SSSR count). The summed E-state index contributed by atoms with van der Waals surface area (Å²) in [7, 11) is 0. The second-order valence-corrected chi connectivity index (χ2v) is 4.92. The second-order valence-electron chi connectivity index (χ2n) is 4.92. The molecular formula is C14H16N2O3. The molecule has 0 aromatic carbocycles. The highest BCUT2D eigenvalue weighted by molar-refractivity contribution is 5.96. The van der Waals surface area contributed by atoms with E-state index in [2.05, 4.69) is 10.5 Å². The van der Waals surface area contributed by atoms with E-state index >= 15 is 0 Å². The van der Waals surface area contributed by atoms with E-state index in [9.17, 15) is 4.79 Å². The van der Waals surface area contributed by atoms with Gasteiger partial charge in [-0.05, 0) is 32.8 Å². The van der Waals surface area contributed by atoms with Crippen molar-refractivity contribution in [3.8, 4) is 0 Å². The first-order valence-electron chi connectivity index (χ1n) is 6.47. The maximum absolute atomic E-state index is 12.3. The highest BCUT2D eigenvalue weighted by atomic mass is 16.5. The van der Waals surface area contributed by atoms with Crippen molar-refractivity contribution in [2.45, 2.75) is 39.2 Å². The highest BCUT2D eigenvalue weighted by Gasteiger charge is 2.26. The molecule has 2 heterocycles. The molecule has 1 unspecified atom stereocenters. The summed E-state index contributed by atoms with van der Waals surface area (Å²) in [5.74, 6) is 1.41. The Balaban J connectivity index is 1.82. The number of furan rings is 1. The van der Waals surface area contributed by atoms with Crippen LogP contribution in [-0.2, 0) is 6.42 Å². The number of nitrogens with zero attached hydrogens (tertiary/aromatic N) is 1. The van der Waals surface area contributed by atoms with E-state index in [1.54, 1.807) is 20.1 Å². The maximum atomic E-state index is 12.3. The Morgan fingerprint density at radius 3 is 3.05 bits per heavy atom. The van der Waals surface area contributed by atoms with Crippen LogP contribution in [0.5, 0.6) is 0 Å². The number of aryl methyl sites for hydroxylation is 3. The minimum atomic E-state index is -0.129. The Morgan fingerprint density at radius 2 is 2.32 bits per heavy atom. The summed E-state index contributed by atoms with van der Waals surface area (Å²) in [6, 6.07) is 1.95. The van der Waals surface area contributed by atoms with Crippen molar-refractivity contribution in [2.24, 2.45) is 0 Å². The van der Waals surface area contributed by atoms with Gasteiger partial charge >= 0.3 is 0 Å². The fourth-order valence-corrected chi connectivity index (χ4v) is 2.67. The van der Waals surface area contributed by atoms with Crippen molar-refractivity contribution >= 4 is 5.91 Å². The Hall–Kier alpha value is -2.04. The van der Waals surface area contributed by atoms with Gasteiger partial charge in [-0.1, -0.05) is 5.16 Å². The van der Waals surface area contributed by atoms with Crippen LogP contribution in [0, 0.1) is 13.8 Å². The van der Waals surface area contributed by atoms with Gasteiger partial charge in [0, 0.05) is 12.0 Å². The molecule has 1 aliphatic carbocycles. The number of hydrogen-bond acceptors (Lipinski definition) is 4. The first-order chi connectivity index (χ1) is 9.16. The molecule has 0 saturated carbocycles. The van der Waals surface area contributed by atoms with Crippen LogP contribution in [0.2, 0.25) is 0 Å². The van der Waals surface area contributed by atoms with Gasteiger partial charge in [0.15, 0.2) is 0 Å². The van der Waals surface area contributed by atoms with Crippen LogP contribution in [0.1, 0.15) is 52.0 Å². The van der Waals surface area contributed by atoms with Crippen molar-refractivity contribution < 1.29 is 13.7 Å². The molecule has 0 bridgehead atoms.